The van der Waals surface area contributed by atoms with E-state index in [-0.39, 0.29) is 29.5 Å². The van der Waals surface area contributed by atoms with Crippen LogP contribution >= 0.6 is 11.3 Å². The molecule has 4 rings (SSSR count). The Morgan fingerprint density at radius 2 is 1.90 bits per heavy atom. The Morgan fingerprint density at radius 3 is 2.59 bits per heavy atom. The molecule has 2 aromatic heterocycles. The van der Waals surface area contributed by atoms with Gasteiger partial charge in [0.15, 0.2) is 14.1 Å². The Bertz CT molecular complexity index is 911. The number of rotatable bonds is 4. The molecule has 160 valence electrons. The lowest BCUT2D eigenvalue weighted by molar-refractivity contribution is -0.190. The van der Waals surface area contributed by atoms with Gasteiger partial charge in [0.05, 0.1) is 16.8 Å². The maximum atomic E-state index is 6.47. The SMILES string of the molecule is CC1(C)O[C@@H]2[C@H](O1)[C@@H](CO[Si](C)(C)C(C)(C)C)O[C@H]2c1csc2c(N)ncnc12. The van der Waals surface area contributed by atoms with E-state index >= 15 is 0 Å². The molecule has 0 bridgehead atoms. The van der Waals surface area contributed by atoms with E-state index in [2.05, 4.69) is 43.8 Å². The maximum Gasteiger partial charge on any atom is 0.192 e. The van der Waals surface area contributed by atoms with Crippen molar-refractivity contribution in [1.82, 2.24) is 9.97 Å². The molecule has 0 amide bonds. The number of nitrogens with zero attached hydrogens (tertiary/aromatic N) is 2. The first kappa shape index (κ1) is 21.1. The molecule has 4 atom stereocenters. The van der Waals surface area contributed by atoms with E-state index in [0.717, 1.165) is 15.8 Å². The van der Waals surface area contributed by atoms with E-state index in [0.29, 0.717) is 12.4 Å². The van der Waals surface area contributed by atoms with Crippen molar-refractivity contribution >= 4 is 35.7 Å². The van der Waals surface area contributed by atoms with Crippen LogP contribution in [0.5, 0.6) is 0 Å². The lowest BCUT2D eigenvalue weighted by Crippen LogP contribution is -2.44. The average molecular weight is 438 g/mol. The van der Waals surface area contributed by atoms with Crippen LogP contribution in [0.1, 0.15) is 46.3 Å². The van der Waals surface area contributed by atoms with E-state index in [1.807, 2.05) is 19.2 Å². The van der Waals surface area contributed by atoms with Crippen LogP contribution in [-0.4, -0.2) is 49.0 Å². The summed E-state index contributed by atoms with van der Waals surface area (Å²) < 4.78 is 26.3. The van der Waals surface area contributed by atoms with E-state index in [9.17, 15) is 0 Å². The van der Waals surface area contributed by atoms with Crippen LogP contribution in [0.4, 0.5) is 5.82 Å². The Balaban J connectivity index is 1.62. The zero-order valence-electron chi connectivity index (χ0n) is 18.2. The molecule has 9 heteroatoms. The molecule has 0 saturated carbocycles. The largest absolute Gasteiger partial charge is 0.414 e. The van der Waals surface area contributed by atoms with Gasteiger partial charge in [-0.3, -0.25) is 0 Å². The second kappa shape index (κ2) is 6.96. The lowest BCUT2D eigenvalue weighted by atomic mass is 10.0. The van der Waals surface area contributed by atoms with Gasteiger partial charge in [0.2, 0.25) is 0 Å². The van der Waals surface area contributed by atoms with Crippen LogP contribution in [0.3, 0.4) is 0 Å². The van der Waals surface area contributed by atoms with Crippen LogP contribution in [0.25, 0.3) is 10.2 Å². The van der Waals surface area contributed by atoms with Crippen molar-refractivity contribution in [2.75, 3.05) is 12.3 Å². The number of aromatic nitrogens is 2. The summed E-state index contributed by atoms with van der Waals surface area (Å²) >= 11 is 1.53. The van der Waals surface area contributed by atoms with Gasteiger partial charge in [0.1, 0.15) is 36.6 Å². The van der Waals surface area contributed by atoms with Crippen molar-refractivity contribution in [3.05, 3.63) is 17.3 Å². The summed E-state index contributed by atoms with van der Waals surface area (Å²) in [5, 5.41) is 2.18. The molecule has 2 aliphatic heterocycles. The van der Waals surface area contributed by atoms with Crippen molar-refractivity contribution in [1.29, 1.82) is 0 Å². The maximum absolute atomic E-state index is 6.47. The van der Waals surface area contributed by atoms with Crippen molar-refractivity contribution in [3.8, 4) is 0 Å². The second-order valence-electron chi connectivity index (χ2n) is 9.86. The molecule has 2 aromatic rings. The molecule has 4 heterocycles. The van der Waals surface area contributed by atoms with Crippen LogP contribution < -0.4 is 5.73 Å². The van der Waals surface area contributed by atoms with Gasteiger partial charge in [-0.25, -0.2) is 9.97 Å². The van der Waals surface area contributed by atoms with Crippen molar-refractivity contribution in [3.63, 3.8) is 0 Å². The minimum atomic E-state index is -1.90. The highest BCUT2D eigenvalue weighted by molar-refractivity contribution is 7.18. The number of thiophene rings is 1. The molecule has 7 nitrogen and oxygen atoms in total. The number of hydrogen-bond donors (Lipinski definition) is 1. The minimum absolute atomic E-state index is 0.134. The van der Waals surface area contributed by atoms with E-state index < -0.39 is 14.1 Å². The summed E-state index contributed by atoms with van der Waals surface area (Å²) in [6.45, 7) is 15.6. The predicted molar refractivity (Wildman–Crippen MR) is 116 cm³/mol. The van der Waals surface area contributed by atoms with E-state index in [1.54, 1.807) is 0 Å². The molecule has 0 aromatic carbocycles. The normalized spacial score (nSPS) is 29.5. The quantitative estimate of drug-likeness (QED) is 0.715. The standard InChI is InChI=1S/C20H31N3O4SSi/c1-19(2,3)29(6,7)24-8-12-15-16(27-20(4,5)26-15)14(25-12)11-9-28-17-13(11)22-10-23-18(17)21/h9-10,12,14-16H,8H2,1-7H3,(H2,21,22,23)/t12-,14+,15-,16+/m1/s1. The first-order valence-corrected chi connectivity index (χ1v) is 13.8. The highest BCUT2D eigenvalue weighted by Crippen LogP contribution is 2.48. The number of fused-ring (bicyclic) bond motifs is 2. The molecule has 0 unspecified atom stereocenters. The predicted octanol–water partition coefficient (Wildman–Crippen LogP) is 4.26. The first-order valence-electron chi connectivity index (χ1n) is 10.0. The monoisotopic (exact) mass is 437 g/mol. The molecule has 2 N–H and O–H groups in total. The van der Waals surface area contributed by atoms with Gasteiger partial charge in [0.25, 0.3) is 0 Å². The molecule has 2 saturated heterocycles. The fourth-order valence-electron chi connectivity index (χ4n) is 3.66. The Morgan fingerprint density at radius 1 is 1.21 bits per heavy atom. The molecular formula is C20H31N3O4SSi. The van der Waals surface area contributed by atoms with Gasteiger partial charge in [-0.05, 0) is 37.4 Å². The van der Waals surface area contributed by atoms with E-state index in [1.165, 1.54) is 17.7 Å². The molecular weight excluding hydrogens is 406 g/mol. The summed E-state index contributed by atoms with van der Waals surface area (Å²) in [6, 6.07) is 0. The number of hydrogen-bond acceptors (Lipinski definition) is 8. The molecule has 2 fully saturated rings. The topological polar surface area (TPSA) is 88.7 Å². The third kappa shape index (κ3) is 3.73. The molecule has 0 aliphatic carbocycles. The van der Waals surface area contributed by atoms with Crippen molar-refractivity contribution < 1.29 is 18.6 Å². The van der Waals surface area contributed by atoms with Crippen LogP contribution in [-0.2, 0) is 18.6 Å². The zero-order valence-corrected chi connectivity index (χ0v) is 20.0. The second-order valence-corrected chi connectivity index (χ2v) is 15.5. The summed E-state index contributed by atoms with van der Waals surface area (Å²) in [4.78, 5) is 8.55. The first-order chi connectivity index (χ1) is 13.4. The van der Waals surface area contributed by atoms with Crippen LogP contribution in [0.15, 0.2) is 11.7 Å². The summed E-state index contributed by atoms with van der Waals surface area (Å²) in [5.74, 6) is -0.172. The van der Waals surface area contributed by atoms with Crippen molar-refractivity contribution in [2.45, 2.75) is 83.0 Å². The third-order valence-electron chi connectivity index (χ3n) is 6.28. The minimum Gasteiger partial charge on any atom is -0.414 e. The van der Waals surface area contributed by atoms with Gasteiger partial charge < -0.3 is 24.4 Å². The fourth-order valence-corrected chi connectivity index (χ4v) is 5.62. The van der Waals surface area contributed by atoms with Crippen LogP contribution in [0.2, 0.25) is 18.1 Å². The summed E-state index contributed by atoms with van der Waals surface area (Å²) in [6.07, 6.45) is 0.614. The van der Waals surface area contributed by atoms with Gasteiger partial charge in [-0.15, -0.1) is 11.3 Å². The van der Waals surface area contributed by atoms with Gasteiger partial charge in [-0.1, -0.05) is 20.8 Å². The zero-order chi connectivity index (χ0) is 21.2. The third-order valence-corrected chi connectivity index (χ3v) is 11.8. The number of nitrogens with two attached hydrogens (primary N) is 1. The molecule has 0 spiro atoms. The molecule has 2 aliphatic rings. The smallest absolute Gasteiger partial charge is 0.192 e. The Kier molecular flexibility index (Phi) is 5.08. The number of nitrogen functional groups attached to an aromatic ring is 1. The Labute approximate surface area is 177 Å². The van der Waals surface area contributed by atoms with E-state index in [4.69, 9.17) is 24.4 Å². The molecule has 0 radical (unpaired) electrons. The van der Waals surface area contributed by atoms with Gasteiger partial charge >= 0.3 is 0 Å². The number of ether oxygens (including phenoxy) is 3. The Hall–Kier alpha value is -1.10. The fraction of sp³-hybridized carbons (Fsp3) is 0.700. The number of anilines is 1. The lowest BCUT2D eigenvalue weighted by Gasteiger charge is -2.37. The average Bonchev–Trinajstić information content (AvgIpc) is 3.24. The van der Waals surface area contributed by atoms with Crippen LogP contribution in [0, 0.1) is 0 Å². The summed E-state index contributed by atoms with van der Waals surface area (Å²) in [5.41, 5.74) is 7.83. The van der Waals surface area contributed by atoms with Crippen molar-refractivity contribution in [2.24, 2.45) is 0 Å². The van der Waals surface area contributed by atoms with Gasteiger partial charge in [-0.2, -0.15) is 0 Å². The highest BCUT2D eigenvalue weighted by atomic mass is 32.1. The highest BCUT2D eigenvalue weighted by Gasteiger charge is 2.56. The summed E-state index contributed by atoms with van der Waals surface area (Å²) in [7, 11) is -1.90. The molecule has 29 heavy (non-hydrogen) atoms. The van der Waals surface area contributed by atoms with Gasteiger partial charge in [0, 0.05) is 5.56 Å².